The molecule has 0 aromatic rings. The summed E-state index contributed by atoms with van der Waals surface area (Å²) in [6, 6.07) is 0. The Morgan fingerprint density at radius 3 is 1.71 bits per heavy atom. The normalized spacial score (nSPS) is 11.2. The average Bonchev–Trinajstić information content (AvgIpc) is 2.56. The lowest BCUT2D eigenvalue weighted by molar-refractivity contribution is -0.127. The predicted molar refractivity (Wildman–Crippen MR) is 91.3 cm³/mol. The van der Waals surface area contributed by atoms with Gasteiger partial charge < -0.3 is 34.3 Å². The van der Waals surface area contributed by atoms with Gasteiger partial charge in [-0.1, -0.05) is 0 Å². The van der Waals surface area contributed by atoms with Gasteiger partial charge in [0.2, 0.25) is 5.91 Å². The van der Waals surface area contributed by atoms with Crippen molar-refractivity contribution >= 4 is 5.91 Å². The number of hydrogen-bond donors (Lipinski definition) is 2. The number of carbonyl (C=O) groups excluding carboxylic acids is 1. The predicted octanol–water partition coefficient (Wildman–Crippen LogP) is -0.187. The molecule has 0 saturated heterocycles. The van der Waals surface area contributed by atoms with E-state index in [0.717, 1.165) is 6.54 Å². The van der Waals surface area contributed by atoms with Crippen LogP contribution in [0.5, 0.6) is 0 Å². The first kappa shape index (κ1) is 23.2. The van der Waals surface area contributed by atoms with E-state index in [1.165, 1.54) is 0 Å². The molecule has 0 heterocycles. The number of amides is 1. The maximum atomic E-state index is 11.3. The molecule has 2 N–H and O–H groups in total. The van der Waals surface area contributed by atoms with E-state index < -0.39 is 0 Å². The molecule has 0 saturated carbocycles. The van der Waals surface area contributed by atoms with Crippen molar-refractivity contribution in [2.45, 2.75) is 20.0 Å². The van der Waals surface area contributed by atoms with Crippen LogP contribution < -0.4 is 10.6 Å². The second-order valence-corrected chi connectivity index (χ2v) is 5.26. The molecule has 0 spiro atoms. The van der Waals surface area contributed by atoms with Gasteiger partial charge in [-0.05, 0) is 20.9 Å². The second kappa shape index (κ2) is 18.6. The Labute approximate surface area is 145 Å². The van der Waals surface area contributed by atoms with Gasteiger partial charge in [-0.3, -0.25) is 4.79 Å². The van der Waals surface area contributed by atoms with E-state index in [-0.39, 0.29) is 18.6 Å². The van der Waals surface area contributed by atoms with E-state index in [2.05, 4.69) is 10.6 Å². The summed E-state index contributed by atoms with van der Waals surface area (Å²) in [7, 11) is 1.89. The van der Waals surface area contributed by atoms with Crippen LogP contribution in [0, 0.1) is 0 Å². The summed E-state index contributed by atoms with van der Waals surface area (Å²) in [5, 5.41) is 5.72. The van der Waals surface area contributed by atoms with E-state index in [1.54, 1.807) is 0 Å². The third-order valence-electron chi connectivity index (χ3n) is 2.73. The van der Waals surface area contributed by atoms with Gasteiger partial charge in [-0.2, -0.15) is 0 Å². The summed E-state index contributed by atoms with van der Waals surface area (Å²) in [6.45, 7) is 9.57. The number of nitrogens with one attached hydrogen (secondary N) is 2. The standard InChI is InChI=1S/C16H34N2O6/c1-15(2)24-14-16(19)18-5-7-21-9-11-23-13-12-22-10-8-20-6-4-17-3/h15,17H,4-14H2,1-3H3,(H,18,19). The number of likely N-dealkylation sites (N-methyl/N-ethyl adjacent to an activating group) is 1. The topological polar surface area (TPSA) is 87.3 Å². The molecule has 0 fully saturated rings. The second-order valence-electron chi connectivity index (χ2n) is 5.26. The summed E-state index contributed by atoms with van der Waals surface area (Å²) in [4.78, 5) is 11.3. The van der Waals surface area contributed by atoms with Crippen molar-refractivity contribution in [2.24, 2.45) is 0 Å². The van der Waals surface area contributed by atoms with Crippen molar-refractivity contribution in [1.82, 2.24) is 10.6 Å². The molecule has 0 bridgehead atoms. The Morgan fingerprint density at radius 1 is 0.792 bits per heavy atom. The first-order valence-electron chi connectivity index (χ1n) is 8.50. The lowest BCUT2D eigenvalue weighted by Gasteiger charge is -2.09. The van der Waals surface area contributed by atoms with Crippen LogP contribution in [0.2, 0.25) is 0 Å². The maximum Gasteiger partial charge on any atom is 0.246 e. The molecule has 0 atom stereocenters. The van der Waals surface area contributed by atoms with Crippen LogP contribution in [0.3, 0.4) is 0 Å². The molecular weight excluding hydrogens is 316 g/mol. The highest BCUT2D eigenvalue weighted by molar-refractivity contribution is 5.77. The van der Waals surface area contributed by atoms with Crippen LogP contribution >= 0.6 is 0 Å². The molecule has 0 radical (unpaired) electrons. The quantitative estimate of drug-likeness (QED) is 0.331. The molecule has 0 aliphatic rings. The van der Waals surface area contributed by atoms with E-state index in [4.69, 9.17) is 23.7 Å². The summed E-state index contributed by atoms with van der Waals surface area (Å²) in [5.74, 6) is -0.129. The fraction of sp³-hybridized carbons (Fsp3) is 0.938. The van der Waals surface area contributed by atoms with Gasteiger partial charge in [-0.25, -0.2) is 0 Å². The molecule has 24 heavy (non-hydrogen) atoms. The average molecular weight is 350 g/mol. The fourth-order valence-corrected chi connectivity index (χ4v) is 1.49. The van der Waals surface area contributed by atoms with Crippen molar-refractivity contribution in [2.75, 3.05) is 79.6 Å². The highest BCUT2D eigenvalue weighted by Crippen LogP contribution is 1.86. The van der Waals surface area contributed by atoms with Crippen LogP contribution in [-0.2, 0) is 28.5 Å². The third-order valence-corrected chi connectivity index (χ3v) is 2.73. The summed E-state index contributed by atoms with van der Waals surface area (Å²) >= 11 is 0. The third kappa shape index (κ3) is 19.3. The Hall–Kier alpha value is -0.770. The minimum absolute atomic E-state index is 0.0546. The number of rotatable bonds is 18. The van der Waals surface area contributed by atoms with Gasteiger partial charge in [0.05, 0.1) is 59.0 Å². The number of ether oxygens (including phenoxy) is 5. The van der Waals surface area contributed by atoms with Crippen LogP contribution in [0.25, 0.3) is 0 Å². The smallest absolute Gasteiger partial charge is 0.246 e. The Morgan fingerprint density at radius 2 is 1.25 bits per heavy atom. The lowest BCUT2D eigenvalue weighted by Crippen LogP contribution is -2.31. The van der Waals surface area contributed by atoms with Crippen molar-refractivity contribution in [3.63, 3.8) is 0 Å². The summed E-state index contributed by atoms with van der Waals surface area (Å²) in [6.07, 6.45) is 0.0546. The first-order valence-corrected chi connectivity index (χ1v) is 8.50. The van der Waals surface area contributed by atoms with E-state index >= 15 is 0 Å². The SMILES string of the molecule is CNCCOCCOCCOCCOCCNC(=O)COC(C)C. The zero-order chi connectivity index (χ0) is 17.9. The molecule has 0 unspecified atom stereocenters. The Kier molecular flexibility index (Phi) is 18.0. The highest BCUT2D eigenvalue weighted by Gasteiger charge is 2.02. The number of hydrogen-bond acceptors (Lipinski definition) is 7. The van der Waals surface area contributed by atoms with E-state index in [1.807, 2.05) is 20.9 Å². The van der Waals surface area contributed by atoms with Crippen LogP contribution in [0.1, 0.15) is 13.8 Å². The van der Waals surface area contributed by atoms with Crippen molar-refractivity contribution < 1.29 is 28.5 Å². The summed E-state index contributed by atoms with van der Waals surface area (Å²) in [5.41, 5.74) is 0. The first-order chi connectivity index (χ1) is 11.7. The maximum absolute atomic E-state index is 11.3. The zero-order valence-electron chi connectivity index (χ0n) is 15.3. The molecule has 0 rings (SSSR count). The number of carbonyl (C=O) groups is 1. The molecule has 8 heteroatoms. The fourth-order valence-electron chi connectivity index (χ4n) is 1.49. The van der Waals surface area contributed by atoms with Crippen LogP contribution in [-0.4, -0.2) is 91.6 Å². The van der Waals surface area contributed by atoms with Crippen molar-refractivity contribution in [3.8, 4) is 0 Å². The van der Waals surface area contributed by atoms with Gasteiger partial charge in [0.15, 0.2) is 0 Å². The Balaban J connectivity index is 3.08. The van der Waals surface area contributed by atoms with Crippen LogP contribution in [0.15, 0.2) is 0 Å². The largest absolute Gasteiger partial charge is 0.378 e. The van der Waals surface area contributed by atoms with Crippen LogP contribution in [0.4, 0.5) is 0 Å². The van der Waals surface area contributed by atoms with Gasteiger partial charge in [0.25, 0.3) is 0 Å². The molecular formula is C16H34N2O6. The van der Waals surface area contributed by atoms with Gasteiger partial charge in [0, 0.05) is 13.1 Å². The minimum atomic E-state index is -0.129. The molecule has 1 amide bonds. The lowest BCUT2D eigenvalue weighted by atomic mass is 10.5. The van der Waals surface area contributed by atoms with Crippen molar-refractivity contribution in [1.29, 1.82) is 0 Å². The van der Waals surface area contributed by atoms with E-state index in [0.29, 0.717) is 59.4 Å². The molecule has 0 aliphatic carbocycles. The summed E-state index contributed by atoms with van der Waals surface area (Å²) < 4.78 is 26.6. The molecule has 144 valence electrons. The van der Waals surface area contributed by atoms with Crippen molar-refractivity contribution in [3.05, 3.63) is 0 Å². The Bertz CT molecular complexity index is 279. The molecule has 0 aromatic carbocycles. The van der Waals surface area contributed by atoms with Gasteiger partial charge in [-0.15, -0.1) is 0 Å². The molecule has 8 nitrogen and oxygen atoms in total. The molecule has 0 aliphatic heterocycles. The zero-order valence-corrected chi connectivity index (χ0v) is 15.3. The van der Waals surface area contributed by atoms with E-state index in [9.17, 15) is 4.79 Å². The monoisotopic (exact) mass is 350 g/mol. The highest BCUT2D eigenvalue weighted by atomic mass is 16.6. The van der Waals surface area contributed by atoms with Gasteiger partial charge in [0.1, 0.15) is 6.61 Å². The molecule has 0 aromatic heterocycles. The van der Waals surface area contributed by atoms with Gasteiger partial charge >= 0.3 is 0 Å². The minimum Gasteiger partial charge on any atom is -0.378 e.